The van der Waals surface area contributed by atoms with E-state index in [4.69, 9.17) is 4.98 Å². The second-order valence-electron chi connectivity index (χ2n) is 19.6. The zero-order valence-electron chi connectivity index (χ0n) is 43.1. The number of rotatable bonds is 11. The van der Waals surface area contributed by atoms with Gasteiger partial charge in [-0.25, -0.2) is 0 Å². The molecule has 0 fully saturated rings. The van der Waals surface area contributed by atoms with Crippen LogP contribution in [0.2, 0.25) is 0 Å². The molecule has 0 saturated carbocycles. The third-order valence-corrected chi connectivity index (χ3v) is 16.1. The summed E-state index contributed by atoms with van der Waals surface area (Å²) >= 11 is 1.79. The summed E-state index contributed by atoms with van der Waals surface area (Å²) in [5.74, 6) is 0. The average molecular weight is 1210 g/mol. The number of pyridine rings is 3. The molecule has 10 aromatic carbocycles. The van der Waals surface area contributed by atoms with Crippen LogP contribution in [0, 0.1) is 18.2 Å². The molecule has 4 aromatic heterocycles. The van der Waals surface area contributed by atoms with Gasteiger partial charge in [0.05, 0.1) is 0 Å². The molecule has 5 heteroatoms. The standard InChI is InChI=1S/C75H46N3S.Ir/c1-2-16-50(17-3-1)51-28-30-54(31-29-51)70-49-57(74-75-69(42-45-78-74)68-24-10-11-27-73(68)79-75)40-41-67(70)66-23-9-8-22-65(66)60-47-58(63-20-6-4-18-61(63)52-32-36-55(37-33-52)71-25-12-14-43-76-71)46-59(48-60)64-21-7-5-19-62(64)53-34-38-56(39-35-53)72-26-13-15-44-77-72;/h1-36,38,41-49H;/q-3;+3. The van der Waals surface area contributed by atoms with Crippen molar-refractivity contribution in [3.63, 3.8) is 0 Å². The Morgan fingerprint density at radius 2 is 0.738 bits per heavy atom. The SMILES string of the molecule is [Ir+3].[c-]1cc(-c2ccccc2-c2cc(-c3ccccc3-c3c[c-]c(-c4ccccn4)cc3)cc(-c3ccccc3-c3c[c-]c(-c4nccc5c4sc4ccccc45)cc3-c3ccc(-c4ccccc4)cc3)c2)ccc1-c1ccccn1. The van der Waals surface area contributed by atoms with Crippen LogP contribution < -0.4 is 0 Å². The van der Waals surface area contributed by atoms with E-state index >= 15 is 0 Å². The van der Waals surface area contributed by atoms with Gasteiger partial charge in [0.2, 0.25) is 0 Å². The maximum Gasteiger partial charge on any atom is 3.00 e. The molecule has 3 nitrogen and oxygen atoms in total. The van der Waals surface area contributed by atoms with Crippen LogP contribution in [-0.4, -0.2) is 15.0 Å². The number of aromatic nitrogens is 3. The third-order valence-electron chi connectivity index (χ3n) is 14.9. The normalized spacial score (nSPS) is 11.2. The van der Waals surface area contributed by atoms with E-state index in [0.29, 0.717) is 0 Å². The van der Waals surface area contributed by atoms with Crippen LogP contribution in [0.3, 0.4) is 0 Å². The minimum Gasteiger partial charge on any atom is -0.305 e. The van der Waals surface area contributed by atoms with E-state index in [1.807, 2.05) is 55.0 Å². The topological polar surface area (TPSA) is 38.7 Å². The zero-order chi connectivity index (χ0) is 52.5. The van der Waals surface area contributed by atoms with Crippen molar-refractivity contribution in [3.05, 3.63) is 298 Å². The first-order valence-corrected chi connectivity index (χ1v) is 27.3. The molecule has 0 atom stereocenters. The first-order chi connectivity index (χ1) is 39.2. The fourth-order valence-corrected chi connectivity index (χ4v) is 12.2. The van der Waals surface area contributed by atoms with Crippen molar-refractivity contribution in [2.45, 2.75) is 0 Å². The molecule has 0 aliphatic rings. The van der Waals surface area contributed by atoms with Crippen molar-refractivity contribution in [2.24, 2.45) is 0 Å². The Bertz CT molecular complexity index is 4360. The Labute approximate surface area is 483 Å². The monoisotopic (exact) mass is 1210 g/mol. The van der Waals surface area contributed by atoms with E-state index in [2.05, 4.69) is 253 Å². The molecular weight excluding hydrogens is 1170 g/mol. The van der Waals surface area contributed by atoms with Gasteiger partial charge in [-0.05, 0) is 115 Å². The molecular formula is C75H46IrN3S. The minimum atomic E-state index is 0. The van der Waals surface area contributed by atoms with E-state index in [1.165, 1.54) is 26.6 Å². The van der Waals surface area contributed by atoms with Crippen molar-refractivity contribution in [3.8, 4) is 123 Å². The second-order valence-corrected chi connectivity index (χ2v) is 20.7. The molecule has 14 aromatic rings. The number of benzene rings is 10. The van der Waals surface area contributed by atoms with Gasteiger partial charge in [-0.15, -0.1) is 94.8 Å². The first kappa shape index (κ1) is 50.1. The third kappa shape index (κ3) is 9.69. The van der Waals surface area contributed by atoms with Crippen LogP contribution in [-0.2, 0) is 20.1 Å². The summed E-state index contributed by atoms with van der Waals surface area (Å²) in [5, 5.41) is 2.45. The largest absolute Gasteiger partial charge is 3.00 e. The van der Waals surface area contributed by atoms with E-state index in [1.54, 1.807) is 11.3 Å². The van der Waals surface area contributed by atoms with Gasteiger partial charge >= 0.3 is 20.1 Å². The zero-order valence-corrected chi connectivity index (χ0v) is 46.4. The van der Waals surface area contributed by atoms with E-state index in [9.17, 15) is 0 Å². The molecule has 0 aliphatic carbocycles. The smallest absolute Gasteiger partial charge is 0.305 e. The molecule has 0 spiro atoms. The van der Waals surface area contributed by atoms with E-state index in [0.717, 1.165) is 116 Å². The molecule has 376 valence electrons. The number of fused-ring (bicyclic) bond motifs is 3. The Balaban J connectivity index is 0.00000605. The molecule has 14 rings (SSSR count). The molecule has 0 aliphatic heterocycles. The van der Waals surface area contributed by atoms with Crippen LogP contribution in [0.15, 0.2) is 279 Å². The van der Waals surface area contributed by atoms with Gasteiger partial charge < -0.3 is 15.0 Å². The number of hydrogen-bond donors (Lipinski definition) is 0. The van der Waals surface area contributed by atoms with Gasteiger partial charge in [-0.3, -0.25) is 0 Å². The van der Waals surface area contributed by atoms with Gasteiger partial charge in [-0.1, -0.05) is 209 Å². The summed E-state index contributed by atoms with van der Waals surface area (Å²) in [7, 11) is 0. The average Bonchev–Trinajstić information content (AvgIpc) is 3.95. The van der Waals surface area contributed by atoms with Crippen LogP contribution in [0.1, 0.15) is 0 Å². The van der Waals surface area contributed by atoms with Gasteiger partial charge in [0.25, 0.3) is 0 Å². The van der Waals surface area contributed by atoms with E-state index in [-0.39, 0.29) is 20.1 Å². The number of thiophene rings is 1. The van der Waals surface area contributed by atoms with Crippen LogP contribution in [0.4, 0.5) is 0 Å². The van der Waals surface area contributed by atoms with Gasteiger partial charge in [0, 0.05) is 33.7 Å². The summed E-state index contributed by atoms with van der Waals surface area (Å²) in [6.45, 7) is 0. The Morgan fingerprint density at radius 3 is 1.29 bits per heavy atom. The van der Waals surface area contributed by atoms with Crippen molar-refractivity contribution < 1.29 is 20.1 Å². The molecule has 80 heavy (non-hydrogen) atoms. The summed E-state index contributed by atoms with van der Waals surface area (Å²) in [6.07, 6.45) is 5.59. The molecule has 4 heterocycles. The maximum absolute atomic E-state index is 5.07. The quantitative estimate of drug-likeness (QED) is 0.121. The Kier molecular flexibility index (Phi) is 13.8. The molecule has 0 unspecified atom stereocenters. The first-order valence-electron chi connectivity index (χ1n) is 26.5. The van der Waals surface area contributed by atoms with Crippen molar-refractivity contribution >= 4 is 31.5 Å². The predicted octanol–water partition coefficient (Wildman–Crippen LogP) is 20.0. The van der Waals surface area contributed by atoms with Crippen molar-refractivity contribution in [2.75, 3.05) is 0 Å². The predicted molar refractivity (Wildman–Crippen MR) is 329 cm³/mol. The van der Waals surface area contributed by atoms with Crippen LogP contribution in [0.25, 0.3) is 143 Å². The molecule has 0 saturated heterocycles. The minimum absolute atomic E-state index is 0. The molecule has 0 bridgehead atoms. The number of nitrogens with zero attached hydrogens (tertiary/aromatic N) is 3. The molecule has 0 radical (unpaired) electrons. The summed E-state index contributed by atoms with van der Waals surface area (Å²) in [6, 6.07) is 104. The van der Waals surface area contributed by atoms with Gasteiger partial charge in [0.15, 0.2) is 0 Å². The maximum atomic E-state index is 5.07. The fraction of sp³-hybridized carbons (Fsp3) is 0. The molecule has 0 N–H and O–H groups in total. The van der Waals surface area contributed by atoms with Gasteiger partial charge in [0.1, 0.15) is 0 Å². The fourth-order valence-electron chi connectivity index (χ4n) is 11.0. The second kappa shape index (κ2) is 22.1. The summed E-state index contributed by atoms with van der Waals surface area (Å²) in [5.41, 5.74) is 23.3. The van der Waals surface area contributed by atoms with E-state index < -0.39 is 0 Å². The Hall–Kier alpha value is -9.48. The van der Waals surface area contributed by atoms with Crippen LogP contribution in [0.5, 0.6) is 0 Å². The van der Waals surface area contributed by atoms with Gasteiger partial charge in [-0.2, -0.15) is 0 Å². The molecule has 0 amide bonds. The van der Waals surface area contributed by atoms with Crippen molar-refractivity contribution in [1.82, 2.24) is 15.0 Å². The number of hydrogen-bond acceptors (Lipinski definition) is 4. The summed E-state index contributed by atoms with van der Waals surface area (Å²) in [4.78, 5) is 14.3. The van der Waals surface area contributed by atoms with Crippen LogP contribution >= 0.6 is 11.3 Å². The Morgan fingerprint density at radius 1 is 0.275 bits per heavy atom. The summed E-state index contributed by atoms with van der Waals surface area (Å²) < 4.78 is 2.40. The van der Waals surface area contributed by atoms with Crippen molar-refractivity contribution in [1.29, 1.82) is 0 Å².